The van der Waals surface area contributed by atoms with Crippen LogP contribution in [-0.2, 0) is 17.8 Å². The van der Waals surface area contributed by atoms with Crippen molar-refractivity contribution in [2.24, 2.45) is 0 Å². The van der Waals surface area contributed by atoms with Crippen LogP contribution in [0.2, 0.25) is 0 Å². The van der Waals surface area contributed by atoms with Gasteiger partial charge in [-0.25, -0.2) is 14.4 Å². The largest absolute Gasteiger partial charge is 0.491 e. The Morgan fingerprint density at radius 2 is 2.13 bits per heavy atom. The Kier molecular flexibility index (Phi) is 5.78. The molecule has 30 heavy (non-hydrogen) atoms. The molecule has 154 valence electrons. The minimum Gasteiger partial charge on any atom is -0.491 e. The third-order valence-corrected chi connectivity index (χ3v) is 4.86. The van der Waals surface area contributed by atoms with Crippen LogP contribution in [0.4, 0.5) is 4.39 Å². The number of nitrogens with one attached hydrogen (secondary N) is 1. The van der Waals surface area contributed by atoms with Crippen molar-refractivity contribution < 1.29 is 13.9 Å². The van der Waals surface area contributed by atoms with Gasteiger partial charge in [0.05, 0.1) is 25.0 Å². The van der Waals surface area contributed by atoms with Gasteiger partial charge >= 0.3 is 0 Å². The smallest absolute Gasteiger partial charge is 0.254 e. The Morgan fingerprint density at radius 3 is 2.93 bits per heavy atom. The van der Waals surface area contributed by atoms with Crippen LogP contribution in [0.1, 0.15) is 24.1 Å². The summed E-state index contributed by atoms with van der Waals surface area (Å²) in [5.74, 6) is 0.0313. The number of carbonyl (C=O) groups excluding carboxylic acids is 1. The third kappa shape index (κ3) is 4.35. The number of carbonyl (C=O) groups is 1. The van der Waals surface area contributed by atoms with Crippen molar-refractivity contribution >= 4 is 5.91 Å². The summed E-state index contributed by atoms with van der Waals surface area (Å²) < 4.78 is 18.9. The van der Waals surface area contributed by atoms with Gasteiger partial charge in [-0.3, -0.25) is 14.6 Å². The van der Waals surface area contributed by atoms with Crippen LogP contribution in [0.5, 0.6) is 5.75 Å². The quantitative estimate of drug-likeness (QED) is 0.626. The van der Waals surface area contributed by atoms with Crippen molar-refractivity contribution in [2.45, 2.75) is 25.8 Å². The van der Waals surface area contributed by atoms with Crippen LogP contribution in [-0.4, -0.2) is 43.9 Å². The van der Waals surface area contributed by atoms with Gasteiger partial charge in [-0.15, -0.1) is 0 Å². The number of amides is 1. The first-order valence-corrected chi connectivity index (χ1v) is 9.65. The molecule has 0 fully saturated rings. The van der Waals surface area contributed by atoms with E-state index in [1.807, 2.05) is 0 Å². The van der Waals surface area contributed by atoms with Crippen molar-refractivity contribution in [2.75, 3.05) is 13.2 Å². The molecule has 8 nitrogen and oxygen atoms in total. The van der Waals surface area contributed by atoms with E-state index in [2.05, 4.69) is 19.9 Å². The maximum atomic E-state index is 13.6. The topological polar surface area (TPSA) is 101 Å². The van der Waals surface area contributed by atoms with Gasteiger partial charge in [-0.2, -0.15) is 0 Å². The molecular formula is C21H20FN5O3. The number of para-hydroxylation sites is 1. The minimum absolute atomic E-state index is 0.0547. The molecule has 0 spiro atoms. The van der Waals surface area contributed by atoms with Crippen LogP contribution >= 0.6 is 0 Å². The molecular weight excluding hydrogens is 389 g/mol. The lowest BCUT2D eigenvalue weighted by Gasteiger charge is -2.28. The maximum Gasteiger partial charge on any atom is 0.254 e. The number of ether oxygens (including phenoxy) is 1. The zero-order chi connectivity index (χ0) is 20.9. The van der Waals surface area contributed by atoms with E-state index >= 15 is 0 Å². The molecule has 0 bridgehead atoms. The van der Waals surface area contributed by atoms with Gasteiger partial charge in [0.15, 0.2) is 17.4 Å². The van der Waals surface area contributed by atoms with Gasteiger partial charge in [0.25, 0.3) is 5.56 Å². The molecule has 1 amide bonds. The Hall–Kier alpha value is -3.62. The Balaban J connectivity index is 1.37. The molecule has 1 aromatic carbocycles. The Morgan fingerprint density at radius 1 is 1.27 bits per heavy atom. The van der Waals surface area contributed by atoms with Gasteiger partial charge in [0.1, 0.15) is 5.69 Å². The third-order valence-electron chi connectivity index (χ3n) is 4.86. The monoisotopic (exact) mass is 409 g/mol. The van der Waals surface area contributed by atoms with E-state index < -0.39 is 5.82 Å². The minimum atomic E-state index is -0.424. The summed E-state index contributed by atoms with van der Waals surface area (Å²) in [7, 11) is 0. The molecule has 3 heterocycles. The van der Waals surface area contributed by atoms with E-state index in [1.54, 1.807) is 23.1 Å². The zero-order valence-corrected chi connectivity index (χ0v) is 16.2. The second-order valence-corrected chi connectivity index (χ2v) is 6.88. The average molecular weight is 409 g/mol. The lowest BCUT2D eigenvalue weighted by molar-refractivity contribution is -0.132. The predicted molar refractivity (Wildman–Crippen MR) is 106 cm³/mol. The highest BCUT2D eigenvalue weighted by Crippen LogP contribution is 2.19. The first kappa shape index (κ1) is 19.7. The molecule has 0 aliphatic carbocycles. The van der Waals surface area contributed by atoms with E-state index in [0.29, 0.717) is 42.2 Å². The standard InChI is InChI=1S/C21H20FN5O3/c22-15-4-1-2-5-18(15)30-11-3-6-19(28)27-10-7-14-17(13-27)25-20(26-21(14)29)16-12-23-8-9-24-16/h1-2,4-5,8-9,12H,3,6-7,10-11,13H2,(H,25,26,29). The van der Waals surface area contributed by atoms with Crippen LogP contribution < -0.4 is 10.3 Å². The molecule has 2 aromatic heterocycles. The normalized spacial score (nSPS) is 13.0. The lowest BCUT2D eigenvalue weighted by atomic mass is 10.1. The molecule has 1 aliphatic heterocycles. The van der Waals surface area contributed by atoms with Crippen LogP contribution in [0.25, 0.3) is 11.5 Å². The number of rotatable bonds is 6. The molecule has 4 rings (SSSR count). The molecule has 0 saturated heterocycles. The van der Waals surface area contributed by atoms with Crippen molar-refractivity contribution in [3.8, 4) is 17.3 Å². The predicted octanol–water partition coefficient (Wildman–Crippen LogP) is 2.11. The van der Waals surface area contributed by atoms with Crippen molar-refractivity contribution in [3.63, 3.8) is 0 Å². The first-order chi connectivity index (χ1) is 14.6. The van der Waals surface area contributed by atoms with Crippen LogP contribution in [0, 0.1) is 5.82 Å². The van der Waals surface area contributed by atoms with E-state index in [4.69, 9.17) is 4.74 Å². The van der Waals surface area contributed by atoms with Gasteiger partial charge in [0.2, 0.25) is 5.91 Å². The maximum absolute atomic E-state index is 13.6. The number of H-pyrrole nitrogens is 1. The summed E-state index contributed by atoms with van der Waals surface area (Å²) in [6, 6.07) is 6.17. The fraction of sp³-hybridized carbons (Fsp3) is 0.286. The van der Waals surface area contributed by atoms with Crippen molar-refractivity contribution in [1.82, 2.24) is 24.8 Å². The summed E-state index contributed by atoms with van der Waals surface area (Å²) in [4.78, 5) is 42.1. The number of hydrogen-bond acceptors (Lipinski definition) is 6. The molecule has 0 saturated carbocycles. The van der Waals surface area contributed by atoms with E-state index in [1.165, 1.54) is 24.7 Å². The highest BCUT2D eigenvalue weighted by molar-refractivity contribution is 5.76. The summed E-state index contributed by atoms with van der Waals surface area (Å²) in [6.07, 6.45) is 5.75. The summed E-state index contributed by atoms with van der Waals surface area (Å²) in [5.41, 5.74) is 1.41. The lowest BCUT2D eigenvalue weighted by Crippen LogP contribution is -2.39. The van der Waals surface area contributed by atoms with Crippen molar-refractivity contribution in [1.29, 1.82) is 0 Å². The highest BCUT2D eigenvalue weighted by atomic mass is 19.1. The molecule has 0 unspecified atom stereocenters. The van der Waals surface area contributed by atoms with Gasteiger partial charge in [-0.1, -0.05) is 12.1 Å². The van der Waals surface area contributed by atoms with Crippen LogP contribution in [0.15, 0.2) is 47.7 Å². The number of fused-ring (bicyclic) bond motifs is 1. The Bertz CT molecular complexity index is 1100. The van der Waals surface area contributed by atoms with Gasteiger partial charge in [0, 0.05) is 30.9 Å². The summed E-state index contributed by atoms with van der Waals surface area (Å²) >= 11 is 0. The molecule has 9 heteroatoms. The zero-order valence-electron chi connectivity index (χ0n) is 16.2. The van der Waals surface area contributed by atoms with E-state index in [0.717, 1.165) is 0 Å². The first-order valence-electron chi connectivity index (χ1n) is 9.65. The number of aromatic nitrogens is 4. The fourth-order valence-electron chi connectivity index (χ4n) is 3.32. The molecule has 0 radical (unpaired) electrons. The fourth-order valence-corrected chi connectivity index (χ4v) is 3.32. The number of aromatic amines is 1. The molecule has 1 N–H and O–H groups in total. The molecule has 3 aromatic rings. The Labute approximate surface area is 171 Å². The average Bonchev–Trinajstić information content (AvgIpc) is 2.78. The van der Waals surface area contributed by atoms with E-state index in [9.17, 15) is 14.0 Å². The van der Waals surface area contributed by atoms with Crippen LogP contribution in [0.3, 0.4) is 0 Å². The number of benzene rings is 1. The van der Waals surface area contributed by atoms with E-state index in [-0.39, 0.29) is 36.8 Å². The summed E-state index contributed by atoms with van der Waals surface area (Å²) in [5, 5.41) is 0. The van der Waals surface area contributed by atoms with Gasteiger partial charge in [-0.05, 0) is 25.0 Å². The van der Waals surface area contributed by atoms with Gasteiger partial charge < -0.3 is 14.6 Å². The SMILES string of the molecule is O=C(CCCOc1ccccc1F)N1CCc2c(nc(-c3cnccn3)[nH]c2=O)C1. The highest BCUT2D eigenvalue weighted by Gasteiger charge is 2.24. The second-order valence-electron chi connectivity index (χ2n) is 6.88. The summed E-state index contributed by atoms with van der Waals surface area (Å²) in [6.45, 7) is 0.959. The number of hydrogen-bond donors (Lipinski definition) is 1. The number of halogens is 1. The number of nitrogens with zero attached hydrogens (tertiary/aromatic N) is 4. The van der Waals surface area contributed by atoms with Crippen molar-refractivity contribution in [3.05, 3.63) is 70.3 Å². The molecule has 0 atom stereocenters. The second kappa shape index (κ2) is 8.81. The molecule has 1 aliphatic rings.